The molecule has 4 nitrogen and oxygen atoms in total. The third-order valence-corrected chi connectivity index (χ3v) is 2.78. The molecule has 0 radical (unpaired) electrons. The summed E-state index contributed by atoms with van der Waals surface area (Å²) in [5, 5.41) is 8.87. The molecule has 1 aromatic rings. The van der Waals surface area contributed by atoms with E-state index in [0.717, 1.165) is 12.2 Å². The Hall–Kier alpha value is -1.55. The molecule has 0 atom stereocenters. The first-order valence-electron chi connectivity index (χ1n) is 5.71. The van der Waals surface area contributed by atoms with Gasteiger partial charge in [0, 0.05) is 0 Å². The van der Waals surface area contributed by atoms with Crippen molar-refractivity contribution in [3.8, 4) is 5.75 Å². The van der Waals surface area contributed by atoms with Gasteiger partial charge in [-0.15, -0.1) is 0 Å². The summed E-state index contributed by atoms with van der Waals surface area (Å²) < 4.78 is 10.8. The summed E-state index contributed by atoms with van der Waals surface area (Å²) in [5.41, 5.74) is 1.14. The van der Waals surface area contributed by atoms with Gasteiger partial charge < -0.3 is 14.6 Å². The molecule has 92 valence electrons. The quantitative estimate of drug-likeness (QED) is 0.609. The highest BCUT2D eigenvalue weighted by Gasteiger charge is 2.21. The Balaban J connectivity index is 1.88. The van der Waals surface area contributed by atoms with E-state index in [4.69, 9.17) is 14.6 Å². The third-order valence-electron chi connectivity index (χ3n) is 2.78. The van der Waals surface area contributed by atoms with Crippen molar-refractivity contribution in [3.63, 3.8) is 0 Å². The number of carboxylic acids is 1. The van der Waals surface area contributed by atoms with Crippen LogP contribution < -0.4 is 4.74 Å². The Morgan fingerprint density at radius 3 is 2.88 bits per heavy atom. The summed E-state index contributed by atoms with van der Waals surface area (Å²) in [6.07, 6.45) is 2.49. The molecule has 4 heteroatoms. The molecule has 1 aromatic carbocycles. The van der Waals surface area contributed by atoms with E-state index < -0.39 is 5.97 Å². The van der Waals surface area contributed by atoms with Crippen LogP contribution in [0.25, 0.3) is 0 Å². The lowest BCUT2D eigenvalue weighted by molar-refractivity contribution is 0.00951. The van der Waals surface area contributed by atoms with Crippen molar-refractivity contribution in [2.75, 3.05) is 13.4 Å². The van der Waals surface area contributed by atoms with E-state index >= 15 is 0 Å². The highest BCUT2D eigenvalue weighted by Crippen LogP contribution is 2.28. The summed E-state index contributed by atoms with van der Waals surface area (Å²) in [6, 6.07) is 4.83. The molecule has 1 saturated carbocycles. The minimum Gasteiger partial charge on any atom is -0.478 e. The fourth-order valence-corrected chi connectivity index (χ4v) is 1.49. The zero-order chi connectivity index (χ0) is 12.3. The second-order valence-electron chi connectivity index (χ2n) is 4.36. The van der Waals surface area contributed by atoms with Crippen LogP contribution in [-0.2, 0) is 4.74 Å². The van der Waals surface area contributed by atoms with Crippen molar-refractivity contribution in [2.45, 2.75) is 19.8 Å². The van der Waals surface area contributed by atoms with Crippen LogP contribution in [0.2, 0.25) is 0 Å². The number of ether oxygens (including phenoxy) is 2. The highest BCUT2D eigenvalue weighted by atomic mass is 16.7. The van der Waals surface area contributed by atoms with Gasteiger partial charge in [-0.1, -0.05) is 6.07 Å². The van der Waals surface area contributed by atoms with Crippen LogP contribution >= 0.6 is 0 Å². The van der Waals surface area contributed by atoms with Crippen LogP contribution in [0.3, 0.4) is 0 Å². The summed E-state index contributed by atoms with van der Waals surface area (Å²) in [6.45, 7) is 2.79. The molecule has 1 fully saturated rings. The van der Waals surface area contributed by atoms with Gasteiger partial charge in [-0.2, -0.15) is 0 Å². The molecule has 0 aromatic heterocycles. The number of aromatic carboxylic acids is 1. The molecule has 0 spiro atoms. The van der Waals surface area contributed by atoms with E-state index in [1.54, 1.807) is 12.1 Å². The molecular weight excluding hydrogens is 220 g/mol. The molecular formula is C13H16O4. The standard InChI is InChI=1S/C13H16O4/c1-9-2-5-11(13(14)15)6-12(9)17-8-16-7-10-3-4-10/h2,5-6,10H,3-4,7-8H2,1H3,(H,14,15). The van der Waals surface area contributed by atoms with Crippen molar-refractivity contribution in [2.24, 2.45) is 5.92 Å². The summed E-state index contributed by atoms with van der Waals surface area (Å²) >= 11 is 0. The Morgan fingerprint density at radius 2 is 2.24 bits per heavy atom. The first-order chi connectivity index (χ1) is 8.16. The highest BCUT2D eigenvalue weighted by molar-refractivity contribution is 5.88. The minimum atomic E-state index is -0.950. The molecule has 17 heavy (non-hydrogen) atoms. The first kappa shape index (κ1) is 11.9. The van der Waals surface area contributed by atoms with Gasteiger partial charge in [0.2, 0.25) is 0 Å². The predicted molar refractivity (Wildman–Crippen MR) is 62.3 cm³/mol. The van der Waals surface area contributed by atoms with Crippen LogP contribution in [0, 0.1) is 12.8 Å². The molecule has 0 unspecified atom stereocenters. The van der Waals surface area contributed by atoms with Gasteiger partial charge in [-0.3, -0.25) is 0 Å². The van der Waals surface area contributed by atoms with Crippen molar-refractivity contribution in [3.05, 3.63) is 29.3 Å². The number of carboxylic acid groups (broad SMARTS) is 1. The molecule has 1 aliphatic carbocycles. The Kier molecular flexibility index (Phi) is 3.64. The third kappa shape index (κ3) is 3.46. The molecule has 2 rings (SSSR count). The lowest BCUT2D eigenvalue weighted by Gasteiger charge is -2.10. The van der Waals surface area contributed by atoms with Crippen LogP contribution in [0.5, 0.6) is 5.75 Å². The minimum absolute atomic E-state index is 0.181. The molecule has 0 heterocycles. The predicted octanol–water partition coefficient (Wildman–Crippen LogP) is 2.46. The van der Waals surface area contributed by atoms with Crippen LogP contribution in [0.1, 0.15) is 28.8 Å². The lowest BCUT2D eigenvalue weighted by atomic mass is 10.1. The fourth-order valence-electron chi connectivity index (χ4n) is 1.49. The van der Waals surface area contributed by atoms with Gasteiger partial charge in [-0.25, -0.2) is 4.79 Å². The maximum absolute atomic E-state index is 10.8. The van der Waals surface area contributed by atoms with E-state index in [0.29, 0.717) is 11.7 Å². The average Bonchev–Trinajstić information content (AvgIpc) is 3.10. The van der Waals surface area contributed by atoms with E-state index in [1.165, 1.54) is 18.9 Å². The van der Waals surface area contributed by atoms with Crippen molar-refractivity contribution >= 4 is 5.97 Å². The SMILES string of the molecule is Cc1ccc(C(=O)O)cc1OCOCC1CC1. The molecule has 1 aliphatic rings. The van der Waals surface area contributed by atoms with Crippen molar-refractivity contribution in [1.82, 2.24) is 0 Å². The van der Waals surface area contributed by atoms with Crippen LogP contribution in [-0.4, -0.2) is 24.5 Å². The van der Waals surface area contributed by atoms with Crippen LogP contribution in [0.15, 0.2) is 18.2 Å². The monoisotopic (exact) mass is 236 g/mol. The van der Waals surface area contributed by atoms with Crippen molar-refractivity contribution in [1.29, 1.82) is 0 Å². The number of carbonyl (C=O) groups is 1. The topological polar surface area (TPSA) is 55.8 Å². The smallest absolute Gasteiger partial charge is 0.335 e. The average molecular weight is 236 g/mol. The molecule has 1 N–H and O–H groups in total. The molecule has 0 aliphatic heterocycles. The van der Waals surface area contributed by atoms with Crippen molar-refractivity contribution < 1.29 is 19.4 Å². The second kappa shape index (κ2) is 5.19. The number of rotatable bonds is 6. The van der Waals surface area contributed by atoms with Gasteiger partial charge in [0.15, 0.2) is 6.79 Å². The number of hydrogen-bond acceptors (Lipinski definition) is 3. The summed E-state index contributed by atoms with van der Waals surface area (Å²) in [5.74, 6) is 0.319. The Morgan fingerprint density at radius 1 is 1.47 bits per heavy atom. The lowest BCUT2D eigenvalue weighted by Crippen LogP contribution is -2.07. The normalized spacial score (nSPS) is 14.6. The fraction of sp³-hybridized carbons (Fsp3) is 0.462. The number of hydrogen-bond donors (Lipinski definition) is 1. The molecule has 0 saturated heterocycles. The van der Waals surface area contributed by atoms with Gasteiger partial charge in [-0.05, 0) is 43.4 Å². The maximum atomic E-state index is 10.8. The Bertz CT molecular complexity index is 410. The van der Waals surface area contributed by atoms with Gasteiger partial charge in [0.25, 0.3) is 0 Å². The van der Waals surface area contributed by atoms with E-state index in [9.17, 15) is 4.79 Å². The van der Waals surface area contributed by atoms with E-state index in [1.807, 2.05) is 6.92 Å². The maximum Gasteiger partial charge on any atom is 0.335 e. The number of benzene rings is 1. The largest absolute Gasteiger partial charge is 0.478 e. The van der Waals surface area contributed by atoms with Gasteiger partial charge in [0.05, 0.1) is 12.2 Å². The van der Waals surface area contributed by atoms with E-state index in [2.05, 4.69) is 0 Å². The zero-order valence-corrected chi connectivity index (χ0v) is 9.81. The number of aryl methyl sites for hydroxylation is 1. The first-order valence-corrected chi connectivity index (χ1v) is 5.71. The van der Waals surface area contributed by atoms with Crippen LogP contribution in [0.4, 0.5) is 0 Å². The van der Waals surface area contributed by atoms with Gasteiger partial charge >= 0.3 is 5.97 Å². The zero-order valence-electron chi connectivity index (χ0n) is 9.81. The summed E-state index contributed by atoms with van der Waals surface area (Å²) in [7, 11) is 0. The molecule has 0 bridgehead atoms. The Labute approximate surface area is 100 Å². The van der Waals surface area contributed by atoms with Gasteiger partial charge in [0.1, 0.15) is 5.75 Å². The summed E-state index contributed by atoms with van der Waals surface area (Å²) in [4.78, 5) is 10.8. The van der Waals surface area contributed by atoms with E-state index in [-0.39, 0.29) is 12.4 Å². The molecule has 0 amide bonds. The second-order valence-corrected chi connectivity index (χ2v) is 4.36.